The number of amides is 1. The van der Waals surface area contributed by atoms with E-state index in [2.05, 4.69) is 46.6 Å². The minimum Gasteiger partial charge on any atom is -0.492 e. The van der Waals surface area contributed by atoms with Crippen LogP contribution in [0.2, 0.25) is 0 Å². The number of ether oxygens (including phenoxy) is 1. The molecule has 1 spiro atoms. The lowest BCUT2D eigenvalue weighted by Crippen LogP contribution is -2.48. The number of piperidine rings is 1. The van der Waals surface area contributed by atoms with Crippen LogP contribution in [0.15, 0.2) is 42.5 Å². The monoisotopic (exact) mass is 391 g/mol. The summed E-state index contributed by atoms with van der Waals surface area (Å²) in [6, 6.07) is 14.7. The fourth-order valence-electron chi connectivity index (χ4n) is 5.19. The number of fused-ring (bicyclic) bond motifs is 3. The van der Waals surface area contributed by atoms with Gasteiger partial charge in [0.25, 0.3) is 0 Å². The summed E-state index contributed by atoms with van der Waals surface area (Å²) in [6.07, 6.45) is 2.85. The Hall–Kier alpha value is -2.37. The molecule has 1 amide bonds. The molecular weight excluding hydrogens is 362 g/mol. The fraction of sp³-hybridized carbons (Fsp3) is 0.458. The standard InChI is InChI=1S/C24H29N3O2/c1-26-22-5-3-2-4-21(22)24(23(26)28)9-12-27(13-10-24)14-15-29-20-7-6-19-17-25-11-8-18(19)16-20/h2-7,16,25H,8-15,17H2,1H3. The molecule has 5 heteroatoms. The van der Waals surface area contributed by atoms with Crippen LogP contribution in [0.25, 0.3) is 0 Å². The lowest BCUT2D eigenvalue weighted by Gasteiger charge is -2.38. The number of para-hydroxylation sites is 1. The highest BCUT2D eigenvalue weighted by Gasteiger charge is 2.50. The van der Waals surface area contributed by atoms with Crippen LogP contribution in [0.1, 0.15) is 29.5 Å². The number of likely N-dealkylation sites (N-methyl/N-ethyl adjacent to an activating group) is 1. The van der Waals surface area contributed by atoms with E-state index in [4.69, 9.17) is 4.74 Å². The molecule has 0 bridgehead atoms. The third-order valence-electron chi connectivity index (χ3n) is 6.95. The van der Waals surface area contributed by atoms with Gasteiger partial charge in [0.15, 0.2) is 0 Å². The molecule has 152 valence electrons. The molecule has 3 aliphatic rings. The van der Waals surface area contributed by atoms with Gasteiger partial charge in [-0.25, -0.2) is 0 Å². The van der Waals surface area contributed by atoms with E-state index >= 15 is 0 Å². The normalized spacial score (nSPS) is 20.6. The number of carbonyl (C=O) groups excluding carboxylic acids is 1. The van der Waals surface area contributed by atoms with Gasteiger partial charge in [-0.15, -0.1) is 0 Å². The molecule has 3 heterocycles. The maximum Gasteiger partial charge on any atom is 0.237 e. The first-order chi connectivity index (χ1) is 14.2. The molecule has 0 saturated carbocycles. The molecule has 5 rings (SSSR count). The number of carbonyl (C=O) groups is 1. The average molecular weight is 392 g/mol. The summed E-state index contributed by atoms with van der Waals surface area (Å²) in [5.41, 5.74) is 4.76. The van der Waals surface area contributed by atoms with Gasteiger partial charge >= 0.3 is 0 Å². The number of anilines is 1. The molecule has 1 fully saturated rings. The lowest BCUT2D eigenvalue weighted by atomic mass is 9.73. The molecule has 0 unspecified atom stereocenters. The first-order valence-electron chi connectivity index (χ1n) is 10.7. The van der Waals surface area contributed by atoms with Crippen molar-refractivity contribution < 1.29 is 9.53 Å². The van der Waals surface area contributed by atoms with Crippen molar-refractivity contribution in [1.82, 2.24) is 10.2 Å². The summed E-state index contributed by atoms with van der Waals surface area (Å²) >= 11 is 0. The topological polar surface area (TPSA) is 44.8 Å². The molecule has 1 N–H and O–H groups in total. The van der Waals surface area contributed by atoms with Crippen molar-refractivity contribution in [2.24, 2.45) is 0 Å². The molecule has 0 radical (unpaired) electrons. The second kappa shape index (κ2) is 7.47. The van der Waals surface area contributed by atoms with E-state index < -0.39 is 0 Å². The van der Waals surface area contributed by atoms with Gasteiger partial charge in [-0.1, -0.05) is 24.3 Å². The van der Waals surface area contributed by atoms with Gasteiger partial charge in [-0.2, -0.15) is 0 Å². The van der Waals surface area contributed by atoms with Crippen LogP contribution in [-0.2, 0) is 23.2 Å². The number of benzene rings is 2. The van der Waals surface area contributed by atoms with E-state index in [-0.39, 0.29) is 11.3 Å². The summed E-state index contributed by atoms with van der Waals surface area (Å²) in [5.74, 6) is 1.24. The molecule has 2 aromatic carbocycles. The minimum absolute atomic E-state index is 0.262. The minimum atomic E-state index is -0.324. The van der Waals surface area contributed by atoms with Gasteiger partial charge in [0.1, 0.15) is 12.4 Å². The van der Waals surface area contributed by atoms with Gasteiger partial charge in [0.05, 0.1) is 5.41 Å². The highest BCUT2D eigenvalue weighted by Crippen LogP contribution is 2.47. The molecule has 0 atom stereocenters. The molecule has 3 aliphatic heterocycles. The molecule has 5 nitrogen and oxygen atoms in total. The zero-order chi connectivity index (χ0) is 19.8. The van der Waals surface area contributed by atoms with Crippen LogP contribution in [0.4, 0.5) is 5.69 Å². The molecule has 0 aliphatic carbocycles. The Bertz CT molecular complexity index is 918. The highest BCUT2D eigenvalue weighted by atomic mass is 16.5. The largest absolute Gasteiger partial charge is 0.492 e. The number of nitrogens with one attached hydrogen (secondary N) is 1. The predicted molar refractivity (Wildman–Crippen MR) is 115 cm³/mol. The third-order valence-corrected chi connectivity index (χ3v) is 6.95. The quantitative estimate of drug-likeness (QED) is 0.871. The van der Waals surface area contributed by atoms with Gasteiger partial charge in [-0.05, 0) is 73.8 Å². The van der Waals surface area contributed by atoms with Crippen molar-refractivity contribution in [2.75, 3.05) is 44.7 Å². The van der Waals surface area contributed by atoms with E-state index in [0.717, 1.165) is 63.4 Å². The first kappa shape index (κ1) is 18.6. The van der Waals surface area contributed by atoms with Gasteiger partial charge < -0.3 is 15.0 Å². The Morgan fingerprint density at radius 1 is 1.10 bits per heavy atom. The van der Waals surface area contributed by atoms with Gasteiger partial charge in [0.2, 0.25) is 5.91 Å². The third kappa shape index (κ3) is 3.22. The number of likely N-dealkylation sites (tertiary alicyclic amines) is 1. The van der Waals surface area contributed by atoms with Crippen molar-refractivity contribution >= 4 is 11.6 Å². The van der Waals surface area contributed by atoms with E-state index in [1.54, 1.807) is 0 Å². The van der Waals surface area contributed by atoms with Crippen LogP contribution < -0.4 is 15.0 Å². The van der Waals surface area contributed by atoms with Crippen molar-refractivity contribution in [3.63, 3.8) is 0 Å². The molecule has 0 aromatic heterocycles. The van der Waals surface area contributed by atoms with Crippen molar-refractivity contribution in [3.05, 3.63) is 59.2 Å². The Balaban J connectivity index is 1.18. The Morgan fingerprint density at radius 2 is 1.93 bits per heavy atom. The van der Waals surface area contributed by atoms with Crippen LogP contribution in [-0.4, -0.2) is 50.6 Å². The number of nitrogens with zero attached hydrogens (tertiary/aromatic N) is 2. The maximum absolute atomic E-state index is 13.0. The van der Waals surface area contributed by atoms with Gasteiger partial charge in [-0.3, -0.25) is 9.69 Å². The van der Waals surface area contributed by atoms with Gasteiger partial charge in [0, 0.05) is 25.8 Å². The molecule has 2 aromatic rings. The van der Waals surface area contributed by atoms with Crippen LogP contribution in [0.3, 0.4) is 0 Å². The molecule has 1 saturated heterocycles. The summed E-state index contributed by atoms with van der Waals surface area (Å²) in [6.45, 7) is 5.47. The summed E-state index contributed by atoms with van der Waals surface area (Å²) in [4.78, 5) is 17.3. The summed E-state index contributed by atoms with van der Waals surface area (Å²) in [5, 5.41) is 3.40. The number of rotatable bonds is 4. The Labute approximate surface area is 172 Å². The van der Waals surface area contributed by atoms with E-state index in [1.165, 1.54) is 16.7 Å². The van der Waals surface area contributed by atoms with Crippen LogP contribution in [0.5, 0.6) is 5.75 Å². The Kier molecular flexibility index (Phi) is 4.80. The first-order valence-corrected chi connectivity index (χ1v) is 10.7. The lowest BCUT2D eigenvalue weighted by molar-refractivity contribution is -0.124. The van der Waals surface area contributed by atoms with Crippen molar-refractivity contribution in [3.8, 4) is 5.75 Å². The second-order valence-corrected chi connectivity index (χ2v) is 8.51. The number of hydrogen-bond donors (Lipinski definition) is 1. The average Bonchev–Trinajstić information content (AvgIpc) is 2.97. The zero-order valence-corrected chi connectivity index (χ0v) is 17.1. The fourth-order valence-corrected chi connectivity index (χ4v) is 5.19. The van der Waals surface area contributed by atoms with E-state index in [1.807, 2.05) is 18.0 Å². The van der Waals surface area contributed by atoms with Crippen molar-refractivity contribution in [1.29, 1.82) is 0 Å². The zero-order valence-electron chi connectivity index (χ0n) is 17.1. The maximum atomic E-state index is 13.0. The SMILES string of the molecule is CN1C(=O)C2(CCN(CCOc3ccc4c(c3)CCNC4)CC2)c2ccccc21. The second-order valence-electron chi connectivity index (χ2n) is 8.51. The van der Waals surface area contributed by atoms with Crippen LogP contribution in [0, 0.1) is 0 Å². The highest BCUT2D eigenvalue weighted by molar-refractivity contribution is 6.07. The van der Waals surface area contributed by atoms with E-state index in [0.29, 0.717) is 6.61 Å². The Morgan fingerprint density at radius 3 is 2.79 bits per heavy atom. The number of hydrogen-bond acceptors (Lipinski definition) is 4. The summed E-state index contributed by atoms with van der Waals surface area (Å²) in [7, 11) is 1.91. The van der Waals surface area contributed by atoms with Crippen molar-refractivity contribution in [2.45, 2.75) is 31.2 Å². The van der Waals surface area contributed by atoms with E-state index in [9.17, 15) is 4.79 Å². The summed E-state index contributed by atoms with van der Waals surface area (Å²) < 4.78 is 6.05. The molecular formula is C24H29N3O2. The van der Waals surface area contributed by atoms with Crippen LogP contribution >= 0.6 is 0 Å². The molecule has 29 heavy (non-hydrogen) atoms. The smallest absolute Gasteiger partial charge is 0.237 e. The predicted octanol–water partition coefficient (Wildman–Crippen LogP) is 2.72.